The summed E-state index contributed by atoms with van der Waals surface area (Å²) in [5, 5.41) is 18.1. The van der Waals surface area contributed by atoms with Crippen LogP contribution in [0.4, 0.5) is 0 Å². The number of carbonyl (C=O) groups excluding carboxylic acids is 1. The lowest BCUT2D eigenvalue weighted by atomic mass is 10.2. The van der Waals surface area contributed by atoms with Crippen molar-refractivity contribution in [2.24, 2.45) is 17.9 Å². The molecule has 0 radical (unpaired) electrons. The first kappa shape index (κ1) is 13.0. The monoisotopic (exact) mass is 239 g/mol. The third kappa shape index (κ3) is 3.47. The van der Waals surface area contributed by atoms with E-state index in [0.717, 1.165) is 5.69 Å². The second-order valence-electron chi connectivity index (χ2n) is 3.96. The second-order valence-corrected chi connectivity index (χ2v) is 3.96. The molecule has 0 spiro atoms. The van der Waals surface area contributed by atoms with E-state index in [2.05, 4.69) is 15.6 Å². The topological polar surface area (TPSA) is 106 Å². The predicted octanol–water partition coefficient (Wildman–Crippen LogP) is -0.0167. The van der Waals surface area contributed by atoms with Crippen LogP contribution in [-0.4, -0.2) is 32.8 Å². The van der Waals surface area contributed by atoms with Crippen LogP contribution in [0.5, 0.6) is 0 Å². The molecule has 1 aromatic rings. The third-order valence-corrected chi connectivity index (χ3v) is 2.26. The molecule has 1 amide bonds. The molecule has 7 nitrogen and oxygen atoms in total. The Balaban J connectivity index is 2.63. The lowest BCUT2D eigenvalue weighted by Crippen LogP contribution is -2.36. The molecule has 0 aliphatic carbocycles. The summed E-state index contributed by atoms with van der Waals surface area (Å²) in [4.78, 5) is 11.8. The minimum Gasteiger partial charge on any atom is -0.409 e. The SMILES string of the molecule is Cc1cc(C(=O)NC(C)CC(N)=NO)n(C)n1. The number of nitrogens with one attached hydrogen (secondary N) is 1. The average Bonchev–Trinajstić information content (AvgIpc) is 2.57. The van der Waals surface area contributed by atoms with E-state index >= 15 is 0 Å². The first-order valence-electron chi connectivity index (χ1n) is 5.22. The average molecular weight is 239 g/mol. The lowest BCUT2D eigenvalue weighted by molar-refractivity contribution is 0.0931. The molecule has 0 fully saturated rings. The van der Waals surface area contributed by atoms with Crippen LogP contribution >= 0.6 is 0 Å². The van der Waals surface area contributed by atoms with E-state index in [0.29, 0.717) is 12.1 Å². The minimum atomic E-state index is -0.230. The Morgan fingerprint density at radius 1 is 1.76 bits per heavy atom. The zero-order valence-corrected chi connectivity index (χ0v) is 10.1. The number of rotatable bonds is 4. The number of oxime groups is 1. The van der Waals surface area contributed by atoms with E-state index in [1.54, 1.807) is 20.0 Å². The molecule has 0 aromatic carbocycles. The Bertz CT molecular complexity index is 438. The van der Waals surface area contributed by atoms with Crippen molar-refractivity contribution in [1.29, 1.82) is 0 Å². The van der Waals surface area contributed by atoms with Gasteiger partial charge in [0.15, 0.2) is 0 Å². The van der Waals surface area contributed by atoms with Crippen LogP contribution in [0.1, 0.15) is 29.5 Å². The zero-order chi connectivity index (χ0) is 13.0. The van der Waals surface area contributed by atoms with E-state index in [-0.39, 0.29) is 17.8 Å². The zero-order valence-electron chi connectivity index (χ0n) is 10.1. The fourth-order valence-electron chi connectivity index (χ4n) is 1.53. The first-order valence-corrected chi connectivity index (χ1v) is 5.22. The maximum absolute atomic E-state index is 11.8. The number of carbonyl (C=O) groups is 1. The van der Waals surface area contributed by atoms with Gasteiger partial charge in [0.25, 0.3) is 5.91 Å². The van der Waals surface area contributed by atoms with Crippen molar-refractivity contribution >= 4 is 11.7 Å². The highest BCUT2D eigenvalue weighted by Gasteiger charge is 2.14. The summed E-state index contributed by atoms with van der Waals surface area (Å²) < 4.78 is 1.51. The molecule has 7 heteroatoms. The molecular formula is C10H17N5O2. The van der Waals surface area contributed by atoms with E-state index in [4.69, 9.17) is 10.9 Å². The van der Waals surface area contributed by atoms with Gasteiger partial charge in [-0.25, -0.2) is 0 Å². The molecule has 0 aliphatic rings. The summed E-state index contributed by atoms with van der Waals surface area (Å²) in [5.41, 5.74) is 6.61. The highest BCUT2D eigenvalue weighted by atomic mass is 16.4. The van der Waals surface area contributed by atoms with Gasteiger partial charge >= 0.3 is 0 Å². The largest absolute Gasteiger partial charge is 0.409 e. The quantitative estimate of drug-likeness (QED) is 0.297. The number of nitrogens with zero attached hydrogens (tertiary/aromatic N) is 3. The Hall–Kier alpha value is -2.05. The van der Waals surface area contributed by atoms with E-state index in [1.807, 2.05) is 6.92 Å². The summed E-state index contributed by atoms with van der Waals surface area (Å²) in [6.07, 6.45) is 0.291. The third-order valence-electron chi connectivity index (χ3n) is 2.26. The van der Waals surface area contributed by atoms with Gasteiger partial charge < -0.3 is 16.3 Å². The van der Waals surface area contributed by atoms with Crippen LogP contribution in [-0.2, 0) is 7.05 Å². The number of hydrogen-bond acceptors (Lipinski definition) is 4. The predicted molar refractivity (Wildman–Crippen MR) is 62.9 cm³/mol. The summed E-state index contributed by atoms with van der Waals surface area (Å²) in [5.74, 6) is -0.148. The number of amides is 1. The number of nitrogens with two attached hydrogens (primary N) is 1. The van der Waals surface area contributed by atoms with Crippen LogP contribution in [0.3, 0.4) is 0 Å². The van der Waals surface area contributed by atoms with Crippen LogP contribution in [0.2, 0.25) is 0 Å². The summed E-state index contributed by atoms with van der Waals surface area (Å²) in [6, 6.07) is 1.49. The van der Waals surface area contributed by atoms with Gasteiger partial charge in [-0.05, 0) is 19.9 Å². The summed E-state index contributed by atoms with van der Waals surface area (Å²) >= 11 is 0. The van der Waals surface area contributed by atoms with Gasteiger partial charge in [0.05, 0.1) is 5.69 Å². The van der Waals surface area contributed by atoms with Gasteiger partial charge in [0.2, 0.25) is 0 Å². The molecule has 1 heterocycles. The molecule has 4 N–H and O–H groups in total. The molecule has 0 bridgehead atoms. The van der Waals surface area contributed by atoms with Gasteiger partial charge in [0, 0.05) is 19.5 Å². The van der Waals surface area contributed by atoms with Crippen LogP contribution in [0, 0.1) is 6.92 Å². The van der Waals surface area contributed by atoms with Gasteiger partial charge in [-0.1, -0.05) is 5.16 Å². The van der Waals surface area contributed by atoms with Crippen LogP contribution in [0.25, 0.3) is 0 Å². The lowest BCUT2D eigenvalue weighted by Gasteiger charge is -2.12. The second kappa shape index (κ2) is 5.33. The van der Waals surface area contributed by atoms with Gasteiger partial charge in [-0.3, -0.25) is 9.48 Å². The number of aromatic nitrogens is 2. The first-order chi connectivity index (χ1) is 7.93. The Kier molecular flexibility index (Phi) is 4.08. The molecule has 0 saturated heterocycles. The van der Waals surface area contributed by atoms with Crippen molar-refractivity contribution in [2.45, 2.75) is 26.3 Å². The van der Waals surface area contributed by atoms with Crippen molar-refractivity contribution in [3.63, 3.8) is 0 Å². The van der Waals surface area contributed by atoms with Crippen molar-refractivity contribution in [3.8, 4) is 0 Å². The van der Waals surface area contributed by atoms with Crippen LogP contribution in [0.15, 0.2) is 11.2 Å². The normalized spacial score (nSPS) is 13.5. The molecular weight excluding hydrogens is 222 g/mol. The number of aryl methyl sites for hydroxylation is 2. The van der Waals surface area contributed by atoms with Crippen LogP contribution < -0.4 is 11.1 Å². The van der Waals surface area contributed by atoms with Gasteiger partial charge in [0.1, 0.15) is 11.5 Å². The fourth-order valence-corrected chi connectivity index (χ4v) is 1.53. The van der Waals surface area contributed by atoms with Crippen molar-refractivity contribution in [2.75, 3.05) is 0 Å². The Labute approximate surface area is 99.3 Å². The highest BCUT2D eigenvalue weighted by molar-refractivity contribution is 5.93. The van der Waals surface area contributed by atoms with Crippen molar-refractivity contribution in [3.05, 3.63) is 17.5 Å². The summed E-state index contributed by atoms with van der Waals surface area (Å²) in [6.45, 7) is 3.59. The van der Waals surface area contributed by atoms with Gasteiger partial charge in [-0.2, -0.15) is 5.10 Å². The number of hydrogen-bond donors (Lipinski definition) is 3. The van der Waals surface area contributed by atoms with Crippen molar-refractivity contribution in [1.82, 2.24) is 15.1 Å². The van der Waals surface area contributed by atoms with Gasteiger partial charge in [-0.15, -0.1) is 0 Å². The molecule has 1 atom stereocenters. The standard InChI is InChI=1S/C10H17N5O2/c1-6(5-9(11)14-17)12-10(16)8-4-7(2)13-15(8)3/h4,6,17H,5H2,1-3H3,(H2,11,14)(H,12,16). The molecule has 0 aliphatic heterocycles. The molecule has 1 aromatic heterocycles. The Morgan fingerprint density at radius 2 is 2.41 bits per heavy atom. The van der Waals surface area contributed by atoms with E-state index in [9.17, 15) is 4.79 Å². The summed E-state index contributed by atoms with van der Waals surface area (Å²) in [7, 11) is 1.70. The molecule has 1 unspecified atom stereocenters. The Morgan fingerprint density at radius 3 is 2.88 bits per heavy atom. The highest BCUT2D eigenvalue weighted by Crippen LogP contribution is 2.02. The van der Waals surface area contributed by atoms with E-state index < -0.39 is 0 Å². The molecule has 0 saturated carbocycles. The fraction of sp³-hybridized carbons (Fsp3) is 0.500. The smallest absolute Gasteiger partial charge is 0.269 e. The minimum absolute atomic E-state index is 0.0824. The molecule has 17 heavy (non-hydrogen) atoms. The molecule has 1 rings (SSSR count). The van der Waals surface area contributed by atoms with E-state index in [1.165, 1.54) is 4.68 Å². The van der Waals surface area contributed by atoms with Crippen molar-refractivity contribution < 1.29 is 10.0 Å². The molecule has 94 valence electrons. The maximum atomic E-state index is 11.8. The number of amidine groups is 1. The maximum Gasteiger partial charge on any atom is 0.269 e.